The zero-order valence-electron chi connectivity index (χ0n) is 18.9. The van der Waals surface area contributed by atoms with Gasteiger partial charge in [0.2, 0.25) is 5.91 Å². The van der Waals surface area contributed by atoms with Crippen LogP contribution in [0.25, 0.3) is 0 Å². The highest BCUT2D eigenvalue weighted by molar-refractivity contribution is 14.1. The fraction of sp³-hybridized carbons (Fsp3) is 0.960. The van der Waals surface area contributed by atoms with Gasteiger partial charge in [0.25, 0.3) is 0 Å². The summed E-state index contributed by atoms with van der Waals surface area (Å²) in [6.07, 6.45) is 13.9. The summed E-state index contributed by atoms with van der Waals surface area (Å²) in [4.78, 5) is 14.8. The number of alkyl halides is 1. The molecule has 3 nitrogen and oxygen atoms in total. The van der Waals surface area contributed by atoms with E-state index in [1.165, 1.54) is 57.8 Å². The molecule has 4 aliphatic carbocycles. The van der Waals surface area contributed by atoms with E-state index >= 15 is 0 Å². The first-order valence-electron chi connectivity index (χ1n) is 12.2. The molecule has 5 fully saturated rings. The van der Waals surface area contributed by atoms with E-state index in [2.05, 4.69) is 55.2 Å². The second kappa shape index (κ2) is 6.83. The number of nitrogens with zero attached hydrogens (tertiary/aromatic N) is 1. The second-order valence-electron chi connectivity index (χ2n) is 12.1. The first-order valence-corrected chi connectivity index (χ1v) is 13.8. The molecule has 4 saturated carbocycles. The number of amides is 1. The minimum absolute atomic E-state index is 0.127. The Morgan fingerprint density at radius 2 is 1.72 bits per heavy atom. The Balaban J connectivity index is 1.45. The molecule has 1 heterocycles. The van der Waals surface area contributed by atoms with Gasteiger partial charge in [0.1, 0.15) is 5.72 Å². The Hall–Kier alpha value is 0.160. The van der Waals surface area contributed by atoms with Gasteiger partial charge < -0.3 is 9.64 Å². The van der Waals surface area contributed by atoms with Crippen molar-refractivity contribution >= 4 is 28.5 Å². The first-order chi connectivity index (χ1) is 13.7. The highest BCUT2D eigenvalue weighted by Gasteiger charge is 2.69. The van der Waals surface area contributed by atoms with Crippen molar-refractivity contribution in [2.75, 3.05) is 11.0 Å². The maximum absolute atomic E-state index is 12.7. The molecule has 164 valence electrons. The highest BCUT2D eigenvalue weighted by atomic mass is 127. The number of carbonyl (C=O) groups excluding carboxylic acids is 1. The minimum Gasteiger partial charge on any atom is -0.347 e. The Kier molecular flexibility index (Phi) is 4.95. The zero-order valence-corrected chi connectivity index (χ0v) is 21.1. The van der Waals surface area contributed by atoms with Gasteiger partial charge in [-0.1, -0.05) is 49.3 Å². The quantitative estimate of drug-likeness (QED) is 0.309. The van der Waals surface area contributed by atoms with Crippen LogP contribution in [-0.2, 0) is 9.53 Å². The van der Waals surface area contributed by atoms with Gasteiger partial charge in [-0.2, -0.15) is 0 Å². The second-order valence-corrected chi connectivity index (χ2v) is 12.8. The zero-order chi connectivity index (χ0) is 20.7. The molecule has 0 aromatic rings. The predicted octanol–water partition coefficient (Wildman–Crippen LogP) is 6.19. The Morgan fingerprint density at radius 1 is 0.966 bits per heavy atom. The van der Waals surface area contributed by atoms with E-state index in [1.807, 2.05) is 0 Å². The van der Waals surface area contributed by atoms with Crippen molar-refractivity contribution in [3.63, 3.8) is 0 Å². The van der Waals surface area contributed by atoms with Crippen LogP contribution >= 0.6 is 22.6 Å². The van der Waals surface area contributed by atoms with E-state index in [1.54, 1.807) is 0 Å². The van der Waals surface area contributed by atoms with E-state index in [9.17, 15) is 4.79 Å². The monoisotopic (exact) mass is 513 g/mol. The minimum atomic E-state index is -0.468. The molecule has 1 amide bonds. The summed E-state index contributed by atoms with van der Waals surface area (Å²) in [7, 11) is 0. The predicted molar refractivity (Wildman–Crippen MR) is 125 cm³/mol. The lowest BCUT2D eigenvalue weighted by Crippen LogP contribution is -2.57. The van der Waals surface area contributed by atoms with Crippen molar-refractivity contribution in [2.24, 2.45) is 34.5 Å². The molecule has 5 aliphatic rings. The normalized spacial score (nSPS) is 50.9. The van der Waals surface area contributed by atoms with E-state index in [-0.39, 0.29) is 16.9 Å². The number of fused-ring (bicyclic) bond motifs is 6. The molecule has 0 unspecified atom stereocenters. The fourth-order valence-corrected chi connectivity index (χ4v) is 9.70. The molecule has 5 rings (SSSR count). The van der Waals surface area contributed by atoms with Gasteiger partial charge in [-0.25, -0.2) is 0 Å². The number of hydrogen-bond acceptors (Lipinski definition) is 2. The maximum atomic E-state index is 12.7. The molecular weight excluding hydrogens is 473 g/mol. The third-order valence-corrected chi connectivity index (χ3v) is 11.4. The van der Waals surface area contributed by atoms with Crippen molar-refractivity contribution in [1.29, 1.82) is 0 Å². The van der Waals surface area contributed by atoms with Gasteiger partial charge in [-0.3, -0.25) is 4.79 Å². The van der Waals surface area contributed by atoms with E-state index in [4.69, 9.17) is 4.74 Å². The Labute approximate surface area is 191 Å². The van der Waals surface area contributed by atoms with Crippen molar-refractivity contribution in [2.45, 2.75) is 103 Å². The third kappa shape index (κ3) is 2.79. The molecule has 1 spiro atoms. The Bertz CT molecular complexity index is 694. The van der Waals surface area contributed by atoms with Crippen LogP contribution < -0.4 is 0 Å². The summed E-state index contributed by atoms with van der Waals surface area (Å²) in [6, 6.07) is 0. The fourth-order valence-electron chi connectivity index (χ4n) is 9.29. The maximum Gasteiger partial charge on any atom is 0.234 e. The number of hydrogen-bond donors (Lipinski definition) is 0. The molecule has 1 aliphatic heterocycles. The summed E-state index contributed by atoms with van der Waals surface area (Å²) < 4.78 is 7.47. The SMILES string of the molecule is CC1(C)O[C@]2(CC[C@@H]3[C@H]4CC[C@H]5CCCC[C@]5(C)[C@@H]4CC[C@@]32C)CN1C(=O)CI. The smallest absolute Gasteiger partial charge is 0.234 e. The van der Waals surface area contributed by atoms with Crippen LogP contribution in [0.4, 0.5) is 0 Å². The number of halogens is 1. The summed E-state index contributed by atoms with van der Waals surface area (Å²) >= 11 is 2.21. The van der Waals surface area contributed by atoms with Crippen LogP contribution in [0.3, 0.4) is 0 Å². The van der Waals surface area contributed by atoms with E-state index in [0.29, 0.717) is 9.84 Å². The molecule has 29 heavy (non-hydrogen) atoms. The van der Waals surface area contributed by atoms with Crippen LogP contribution in [0.5, 0.6) is 0 Å². The van der Waals surface area contributed by atoms with Gasteiger partial charge >= 0.3 is 0 Å². The molecule has 0 aromatic carbocycles. The lowest BCUT2D eigenvalue weighted by molar-refractivity contribution is -0.188. The molecule has 0 N–H and O–H groups in total. The van der Waals surface area contributed by atoms with Crippen LogP contribution in [0.15, 0.2) is 0 Å². The number of carbonyl (C=O) groups is 1. The first kappa shape index (κ1) is 21.0. The largest absolute Gasteiger partial charge is 0.347 e. The molecule has 0 bridgehead atoms. The molecule has 7 atom stereocenters. The van der Waals surface area contributed by atoms with Crippen LogP contribution in [0.1, 0.15) is 91.9 Å². The lowest BCUT2D eigenvalue weighted by atomic mass is 9.44. The summed E-state index contributed by atoms with van der Waals surface area (Å²) in [5.74, 6) is 3.82. The van der Waals surface area contributed by atoms with Gasteiger partial charge in [0, 0.05) is 5.41 Å². The number of ether oxygens (including phenoxy) is 1. The average molecular weight is 514 g/mol. The van der Waals surface area contributed by atoms with Crippen molar-refractivity contribution in [3.8, 4) is 0 Å². The van der Waals surface area contributed by atoms with Crippen molar-refractivity contribution in [1.82, 2.24) is 4.90 Å². The standard InChI is InChI=1S/C25H40INO2/c1-22(2)27(21(28)15-26)16-25(29-22)14-11-20-18-9-8-17-7-5-6-12-23(17,3)19(18)10-13-24(20,25)4/h17-20H,5-16H2,1-4H3/t17-,18+,19-,20-,23+,24+,25-/m1/s1. The summed E-state index contributed by atoms with van der Waals surface area (Å²) in [5.41, 5.74) is 0.225. The van der Waals surface area contributed by atoms with Gasteiger partial charge in [0.15, 0.2) is 0 Å². The van der Waals surface area contributed by atoms with Crippen molar-refractivity contribution < 1.29 is 9.53 Å². The molecular formula is C25H40INO2. The molecule has 0 radical (unpaired) electrons. The van der Waals surface area contributed by atoms with Crippen molar-refractivity contribution in [3.05, 3.63) is 0 Å². The van der Waals surface area contributed by atoms with Gasteiger partial charge in [-0.15, -0.1) is 0 Å². The summed E-state index contributed by atoms with van der Waals surface area (Å²) in [6.45, 7) is 10.2. The highest BCUT2D eigenvalue weighted by Crippen LogP contribution is 2.70. The van der Waals surface area contributed by atoms with Crippen LogP contribution in [0, 0.1) is 34.5 Å². The summed E-state index contributed by atoms with van der Waals surface area (Å²) in [5, 5.41) is 0. The van der Waals surface area contributed by atoms with Gasteiger partial charge in [0.05, 0.1) is 16.6 Å². The van der Waals surface area contributed by atoms with Gasteiger partial charge in [-0.05, 0) is 94.3 Å². The van der Waals surface area contributed by atoms with E-state index < -0.39 is 5.72 Å². The molecule has 0 aromatic heterocycles. The third-order valence-electron chi connectivity index (χ3n) is 10.8. The topological polar surface area (TPSA) is 29.5 Å². The average Bonchev–Trinajstić information content (AvgIpc) is 3.13. The number of rotatable bonds is 1. The Morgan fingerprint density at radius 3 is 2.48 bits per heavy atom. The molecule has 4 heteroatoms. The van der Waals surface area contributed by atoms with Crippen LogP contribution in [0.2, 0.25) is 0 Å². The van der Waals surface area contributed by atoms with Crippen LogP contribution in [-0.4, -0.2) is 33.1 Å². The van der Waals surface area contributed by atoms with E-state index in [0.717, 1.165) is 36.6 Å². The lowest BCUT2D eigenvalue weighted by Gasteiger charge is -2.61. The molecule has 1 saturated heterocycles.